The van der Waals surface area contributed by atoms with E-state index in [2.05, 4.69) is 4.72 Å². The maximum absolute atomic E-state index is 13.0. The zero-order valence-corrected chi connectivity index (χ0v) is 18.6. The zero-order valence-electron chi connectivity index (χ0n) is 17.7. The molecule has 0 radical (unpaired) electrons. The van der Waals surface area contributed by atoms with Crippen LogP contribution in [0.15, 0.2) is 72.1 Å². The summed E-state index contributed by atoms with van der Waals surface area (Å²) in [5.74, 6) is 1.30. The number of hydrogen-bond acceptors (Lipinski definition) is 5. The van der Waals surface area contributed by atoms with Crippen LogP contribution in [-0.2, 0) is 23.2 Å². The van der Waals surface area contributed by atoms with Gasteiger partial charge in [0.25, 0.3) is 0 Å². The Kier molecular flexibility index (Phi) is 7.86. The second kappa shape index (κ2) is 10.8. The van der Waals surface area contributed by atoms with Gasteiger partial charge in [-0.3, -0.25) is 0 Å². The molecule has 0 aliphatic carbocycles. The monoisotopic (exact) mass is 457 g/mol. The van der Waals surface area contributed by atoms with E-state index in [1.165, 1.54) is 25.3 Å². The van der Waals surface area contributed by atoms with E-state index in [1.54, 1.807) is 55.6 Å². The van der Waals surface area contributed by atoms with Crippen molar-refractivity contribution in [3.05, 3.63) is 94.6 Å². The van der Waals surface area contributed by atoms with Crippen molar-refractivity contribution in [2.24, 2.45) is 0 Å². The van der Waals surface area contributed by atoms with Gasteiger partial charge in [0, 0.05) is 12.0 Å². The molecular formula is C24H24FNO5S. The molecular weight excluding hydrogens is 433 g/mol. The molecule has 0 aromatic heterocycles. The minimum atomic E-state index is -3.65. The predicted molar refractivity (Wildman–Crippen MR) is 122 cm³/mol. The molecule has 0 spiro atoms. The molecule has 8 heteroatoms. The summed E-state index contributed by atoms with van der Waals surface area (Å²) in [6, 6.07) is 18.3. The van der Waals surface area contributed by atoms with Gasteiger partial charge in [-0.1, -0.05) is 30.3 Å². The first-order valence-corrected chi connectivity index (χ1v) is 11.3. The Hall–Kier alpha value is -3.36. The minimum Gasteiger partial charge on any atom is -0.497 e. The number of benzene rings is 3. The van der Waals surface area contributed by atoms with Gasteiger partial charge in [0.05, 0.1) is 14.2 Å². The van der Waals surface area contributed by atoms with Gasteiger partial charge in [-0.05, 0) is 59.2 Å². The Morgan fingerprint density at radius 1 is 0.906 bits per heavy atom. The highest BCUT2D eigenvalue weighted by atomic mass is 32.2. The third kappa shape index (κ3) is 6.83. The Morgan fingerprint density at radius 2 is 1.69 bits per heavy atom. The number of rotatable bonds is 10. The average molecular weight is 458 g/mol. The van der Waals surface area contributed by atoms with E-state index in [9.17, 15) is 12.8 Å². The van der Waals surface area contributed by atoms with Crippen LogP contribution in [0.25, 0.3) is 6.08 Å². The molecule has 0 unspecified atom stereocenters. The lowest BCUT2D eigenvalue weighted by molar-refractivity contribution is 0.284. The van der Waals surface area contributed by atoms with Crippen LogP contribution in [0.1, 0.15) is 16.7 Å². The van der Waals surface area contributed by atoms with Gasteiger partial charge in [-0.25, -0.2) is 17.5 Å². The highest BCUT2D eigenvalue weighted by Gasteiger charge is 2.08. The lowest BCUT2D eigenvalue weighted by atomic mass is 10.2. The molecule has 0 bridgehead atoms. The lowest BCUT2D eigenvalue weighted by Crippen LogP contribution is -2.20. The number of sulfonamides is 1. The summed E-state index contributed by atoms with van der Waals surface area (Å²) >= 11 is 0. The van der Waals surface area contributed by atoms with Crippen LogP contribution in [0.2, 0.25) is 0 Å². The Bertz CT molecular complexity index is 1180. The maximum atomic E-state index is 13.0. The zero-order chi connectivity index (χ0) is 23.0. The highest BCUT2D eigenvalue weighted by molar-refractivity contribution is 7.92. The quantitative estimate of drug-likeness (QED) is 0.485. The van der Waals surface area contributed by atoms with Crippen molar-refractivity contribution in [3.8, 4) is 17.2 Å². The van der Waals surface area contributed by atoms with Gasteiger partial charge in [0.2, 0.25) is 10.0 Å². The summed E-state index contributed by atoms with van der Waals surface area (Å²) in [5.41, 5.74) is 2.22. The second-order valence-corrected chi connectivity index (χ2v) is 8.50. The fourth-order valence-corrected chi connectivity index (χ4v) is 3.63. The van der Waals surface area contributed by atoms with Crippen LogP contribution in [-0.4, -0.2) is 22.6 Å². The molecule has 0 fully saturated rings. The number of ether oxygens (including phenoxy) is 3. The number of halogens is 1. The van der Waals surface area contributed by atoms with Crippen molar-refractivity contribution in [2.45, 2.75) is 13.2 Å². The fraction of sp³-hybridized carbons (Fsp3) is 0.167. The molecule has 3 aromatic rings. The number of hydrogen-bond donors (Lipinski definition) is 1. The van der Waals surface area contributed by atoms with E-state index in [1.807, 2.05) is 6.07 Å². The summed E-state index contributed by atoms with van der Waals surface area (Å²) < 4.78 is 56.4. The van der Waals surface area contributed by atoms with E-state index < -0.39 is 10.0 Å². The molecule has 3 aromatic carbocycles. The third-order valence-electron chi connectivity index (χ3n) is 4.55. The Labute approximate surface area is 187 Å². The second-order valence-electron chi connectivity index (χ2n) is 6.85. The largest absolute Gasteiger partial charge is 0.497 e. The van der Waals surface area contributed by atoms with Crippen LogP contribution >= 0.6 is 0 Å². The summed E-state index contributed by atoms with van der Waals surface area (Å²) in [5, 5.41) is 1.10. The molecule has 0 amide bonds. The van der Waals surface area contributed by atoms with Crippen molar-refractivity contribution in [1.82, 2.24) is 4.72 Å². The van der Waals surface area contributed by atoms with E-state index in [4.69, 9.17) is 14.2 Å². The molecule has 32 heavy (non-hydrogen) atoms. The van der Waals surface area contributed by atoms with E-state index in [0.29, 0.717) is 22.8 Å². The third-order valence-corrected chi connectivity index (χ3v) is 5.59. The van der Waals surface area contributed by atoms with Crippen LogP contribution in [0.3, 0.4) is 0 Å². The van der Waals surface area contributed by atoms with E-state index in [0.717, 1.165) is 16.5 Å². The van der Waals surface area contributed by atoms with Crippen LogP contribution in [0, 0.1) is 5.82 Å². The first-order chi connectivity index (χ1) is 15.4. The highest BCUT2D eigenvalue weighted by Crippen LogP contribution is 2.29. The number of nitrogens with one attached hydrogen (secondary N) is 1. The van der Waals surface area contributed by atoms with Gasteiger partial charge in [0.1, 0.15) is 18.2 Å². The molecule has 0 saturated carbocycles. The predicted octanol–water partition coefficient (Wildman–Crippen LogP) is 4.51. The molecule has 0 aliphatic heterocycles. The maximum Gasteiger partial charge on any atom is 0.234 e. The Balaban J connectivity index is 1.63. The molecule has 3 rings (SSSR count). The average Bonchev–Trinajstić information content (AvgIpc) is 2.81. The summed E-state index contributed by atoms with van der Waals surface area (Å²) in [6.07, 6.45) is 1.47. The Morgan fingerprint density at radius 3 is 2.41 bits per heavy atom. The smallest absolute Gasteiger partial charge is 0.234 e. The van der Waals surface area contributed by atoms with Gasteiger partial charge >= 0.3 is 0 Å². The SMILES string of the molecule is COc1cccc(CNS(=O)(=O)/C=C/c2ccc(OCc3ccc(F)cc3)c(OC)c2)c1. The van der Waals surface area contributed by atoms with Crippen LogP contribution < -0.4 is 18.9 Å². The summed E-state index contributed by atoms with van der Waals surface area (Å²) in [4.78, 5) is 0. The van der Waals surface area contributed by atoms with Crippen molar-refractivity contribution >= 4 is 16.1 Å². The summed E-state index contributed by atoms with van der Waals surface area (Å²) in [6.45, 7) is 0.387. The van der Waals surface area contributed by atoms with Gasteiger partial charge in [-0.2, -0.15) is 0 Å². The van der Waals surface area contributed by atoms with Crippen molar-refractivity contribution in [1.29, 1.82) is 0 Å². The lowest BCUT2D eigenvalue weighted by Gasteiger charge is -2.11. The molecule has 0 atom stereocenters. The van der Waals surface area contributed by atoms with E-state index >= 15 is 0 Å². The number of methoxy groups -OCH3 is 2. The first-order valence-electron chi connectivity index (χ1n) is 9.74. The van der Waals surface area contributed by atoms with Gasteiger partial charge in [-0.15, -0.1) is 0 Å². The normalized spacial score (nSPS) is 11.5. The van der Waals surface area contributed by atoms with Crippen molar-refractivity contribution in [3.63, 3.8) is 0 Å². The summed E-state index contributed by atoms with van der Waals surface area (Å²) in [7, 11) is -0.596. The van der Waals surface area contributed by atoms with Gasteiger partial charge < -0.3 is 14.2 Å². The topological polar surface area (TPSA) is 73.9 Å². The van der Waals surface area contributed by atoms with Crippen LogP contribution in [0.5, 0.6) is 17.2 Å². The van der Waals surface area contributed by atoms with Gasteiger partial charge in [0.15, 0.2) is 11.5 Å². The first kappa shape index (κ1) is 23.3. The fourth-order valence-electron chi connectivity index (χ4n) is 2.83. The standard InChI is InChI=1S/C24H24FNO5S/c1-29-22-5-3-4-20(14-22)16-26-32(27,28)13-12-18-8-11-23(24(15-18)30-2)31-17-19-6-9-21(25)10-7-19/h3-15,26H,16-17H2,1-2H3/b13-12+. The van der Waals surface area contributed by atoms with Crippen molar-refractivity contribution < 1.29 is 27.0 Å². The molecule has 0 aliphatic rings. The van der Waals surface area contributed by atoms with E-state index in [-0.39, 0.29) is 19.0 Å². The molecule has 0 saturated heterocycles. The minimum absolute atomic E-state index is 0.142. The van der Waals surface area contributed by atoms with Crippen LogP contribution in [0.4, 0.5) is 4.39 Å². The molecule has 168 valence electrons. The molecule has 0 heterocycles. The van der Waals surface area contributed by atoms with Crippen molar-refractivity contribution in [2.75, 3.05) is 14.2 Å². The molecule has 1 N–H and O–H groups in total. The molecule has 6 nitrogen and oxygen atoms in total.